The van der Waals surface area contributed by atoms with E-state index in [2.05, 4.69) is 10.9 Å². The van der Waals surface area contributed by atoms with Crippen LogP contribution in [0.15, 0.2) is 48.5 Å². The molecule has 0 aliphatic carbocycles. The lowest BCUT2D eigenvalue weighted by molar-refractivity contribution is 0.0846. The van der Waals surface area contributed by atoms with Crippen molar-refractivity contribution in [2.75, 3.05) is 19.0 Å². The third kappa shape index (κ3) is 5.24. The van der Waals surface area contributed by atoms with Crippen LogP contribution in [0, 0.1) is 0 Å². The number of carbonyl (C=O) groups is 2. The summed E-state index contributed by atoms with van der Waals surface area (Å²) in [6.45, 7) is 3.86. The first-order valence-electron chi connectivity index (χ1n) is 8.01. The molecule has 2 amide bonds. The average Bonchev–Trinajstić information content (AvgIpc) is 2.59. The van der Waals surface area contributed by atoms with E-state index < -0.39 is 5.91 Å². The molecule has 0 unspecified atom stereocenters. The molecule has 2 aromatic carbocycles. The molecular formula is C19H23N3O3. The number of amides is 2. The average molecular weight is 341 g/mol. The maximum absolute atomic E-state index is 12.2. The summed E-state index contributed by atoms with van der Waals surface area (Å²) in [4.78, 5) is 26.2. The molecule has 6 heteroatoms. The minimum Gasteiger partial charge on any atom is -0.491 e. The van der Waals surface area contributed by atoms with Gasteiger partial charge in [0.15, 0.2) is 0 Å². The first-order valence-corrected chi connectivity index (χ1v) is 8.01. The summed E-state index contributed by atoms with van der Waals surface area (Å²) >= 11 is 0. The number of nitrogens with zero attached hydrogens (tertiary/aromatic N) is 1. The zero-order valence-electron chi connectivity index (χ0n) is 14.9. The molecule has 0 aliphatic heterocycles. The van der Waals surface area contributed by atoms with Gasteiger partial charge in [-0.2, -0.15) is 0 Å². The number of hydrogen-bond acceptors (Lipinski definition) is 4. The van der Waals surface area contributed by atoms with Crippen molar-refractivity contribution in [3.8, 4) is 5.75 Å². The fourth-order valence-corrected chi connectivity index (χ4v) is 2.14. The van der Waals surface area contributed by atoms with Crippen LogP contribution in [0.25, 0.3) is 0 Å². The van der Waals surface area contributed by atoms with E-state index in [0.29, 0.717) is 16.9 Å². The summed E-state index contributed by atoms with van der Waals surface area (Å²) in [7, 11) is 3.79. The summed E-state index contributed by atoms with van der Waals surface area (Å²) in [5, 5.41) is 0. The van der Waals surface area contributed by atoms with Crippen LogP contribution in [-0.2, 0) is 0 Å². The minimum absolute atomic E-state index is 0.0666. The van der Waals surface area contributed by atoms with Gasteiger partial charge in [0.1, 0.15) is 5.75 Å². The molecule has 0 saturated carbocycles. The SMILES string of the molecule is CC(C)Oc1ccc(C(=O)NNC(=O)c2cccc(N(C)C)c2)cc1. The molecule has 2 rings (SSSR count). The Morgan fingerprint density at radius 2 is 1.52 bits per heavy atom. The minimum atomic E-state index is -0.395. The van der Waals surface area contributed by atoms with Gasteiger partial charge in [-0.15, -0.1) is 0 Å². The molecule has 2 N–H and O–H groups in total. The molecule has 2 aromatic rings. The number of hydrazine groups is 1. The molecular weight excluding hydrogens is 318 g/mol. The Morgan fingerprint density at radius 3 is 2.08 bits per heavy atom. The summed E-state index contributed by atoms with van der Waals surface area (Å²) in [5.41, 5.74) is 6.63. The number of nitrogens with one attached hydrogen (secondary N) is 2. The summed E-state index contributed by atoms with van der Waals surface area (Å²) in [6.07, 6.45) is 0.0666. The highest BCUT2D eigenvalue weighted by Crippen LogP contribution is 2.14. The molecule has 0 aromatic heterocycles. The Kier molecular flexibility index (Phi) is 6.00. The third-order valence-electron chi connectivity index (χ3n) is 3.40. The Bertz CT molecular complexity index is 740. The van der Waals surface area contributed by atoms with Crippen LogP contribution in [0.1, 0.15) is 34.6 Å². The molecule has 0 spiro atoms. The number of hydrogen-bond donors (Lipinski definition) is 2. The fraction of sp³-hybridized carbons (Fsp3) is 0.263. The van der Waals surface area contributed by atoms with Crippen LogP contribution < -0.4 is 20.5 Å². The highest BCUT2D eigenvalue weighted by molar-refractivity contribution is 5.99. The molecule has 0 aliphatic rings. The molecule has 25 heavy (non-hydrogen) atoms. The van der Waals surface area contributed by atoms with E-state index in [1.54, 1.807) is 42.5 Å². The van der Waals surface area contributed by atoms with Crippen LogP contribution in [-0.4, -0.2) is 32.0 Å². The number of rotatable bonds is 5. The maximum Gasteiger partial charge on any atom is 0.269 e. The maximum atomic E-state index is 12.2. The number of anilines is 1. The van der Waals surface area contributed by atoms with Gasteiger partial charge < -0.3 is 9.64 Å². The molecule has 0 atom stereocenters. The predicted octanol–water partition coefficient (Wildman–Crippen LogP) is 2.61. The van der Waals surface area contributed by atoms with Crippen LogP contribution >= 0.6 is 0 Å². The summed E-state index contributed by atoms with van der Waals surface area (Å²) in [6, 6.07) is 13.9. The molecule has 0 fully saturated rings. The number of carbonyl (C=O) groups excluding carboxylic acids is 2. The van der Waals surface area contributed by atoms with Gasteiger partial charge in [0.05, 0.1) is 6.10 Å². The van der Waals surface area contributed by atoms with E-state index in [1.165, 1.54) is 0 Å². The zero-order chi connectivity index (χ0) is 18.4. The van der Waals surface area contributed by atoms with E-state index in [4.69, 9.17) is 4.74 Å². The monoisotopic (exact) mass is 341 g/mol. The standard InChI is InChI=1S/C19H23N3O3/c1-13(2)25-17-10-8-14(9-11-17)18(23)20-21-19(24)15-6-5-7-16(12-15)22(3)4/h5-13H,1-4H3,(H,20,23)(H,21,24). The van der Waals surface area contributed by atoms with Gasteiger partial charge in [-0.3, -0.25) is 20.4 Å². The topological polar surface area (TPSA) is 70.7 Å². The van der Waals surface area contributed by atoms with E-state index in [-0.39, 0.29) is 12.0 Å². The third-order valence-corrected chi connectivity index (χ3v) is 3.40. The van der Waals surface area contributed by atoms with E-state index >= 15 is 0 Å². The smallest absolute Gasteiger partial charge is 0.269 e. The largest absolute Gasteiger partial charge is 0.491 e. The highest BCUT2D eigenvalue weighted by Gasteiger charge is 2.10. The lowest BCUT2D eigenvalue weighted by Crippen LogP contribution is -2.41. The summed E-state index contributed by atoms with van der Waals surface area (Å²) < 4.78 is 5.53. The Morgan fingerprint density at radius 1 is 0.920 bits per heavy atom. The Labute approximate surface area is 147 Å². The molecule has 0 radical (unpaired) electrons. The van der Waals surface area contributed by atoms with E-state index in [9.17, 15) is 9.59 Å². The van der Waals surface area contributed by atoms with Crippen LogP contribution in [0.4, 0.5) is 5.69 Å². The molecule has 0 bridgehead atoms. The second kappa shape index (κ2) is 8.19. The number of benzene rings is 2. The van der Waals surface area contributed by atoms with Crippen molar-refractivity contribution < 1.29 is 14.3 Å². The quantitative estimate of drug-likeness (QED) is 0.820. The molecule has 6 nitrogen and oxygen atoms in total. The van der Waals surface area contributed by atoms with Gasteiger partial charge in [0.25, 0.3) is 11.8 Å². The molecule has 0 heterocycles. The van der Waals surface area contributed by atoms with Crippen molar-refractivity contribution in [2.24, 2.45) is 0 Å². The van der Waals surface area contributed by atoms with Crippen molar-refractivity contribution in [3.63, 3.8) is 0 Å². The Balaban J connectivity index is 1.95. The number of ether oxygens (including phenoxy) is 1. The summed E-state index contributed by atoms with van der Waals surface area (Å²) in [5.74, 6) is -0.0823. The van der Waals surface area contributed by atoms with Crippen molar-refractivity contribution in [3.05, 3.63) is 59.7 Å². The van der Waals surface area contributed by atoms with Crippen molar-refractivity contribution >= 4 is 17.5 Å². The van der Waals surface area contributed by atoms with Crippen LogP contribution in [0.5, 0.6) is 5.75 Å². The first-order chi connectivity index (χ1) is 11.9. The predicted molar refractivity (Wildman–Crippen MR) is 97.9 cm³/mol. The van der Waals surface area contributed by atoms with Gasteiger partial charge >= 0.3 is 0 Å². The fourth-order valence-electron chi connectivity index (χ4n) is 2.14. The van der Waals surface area contributed by atoms with Crippen molar-refractivity contribution in [1.29, 1.82) is 0 Å². The second-order valence-electron chi connectivity index (χ2n) is 6.04. The van der Waals surface area contributed by atoms with Gasteiger partial charge in [-0.05, 0) is 56.3 Å². The normalized spacial score (nSPS) is 10.3. The lowest BCUT2D eigenvalue weighted by Gasteiger charge is -2.14. The van der Waals surface area contributed by atoms with Gasteiger partial charge in [-0.1, -0.05) is 6.07 Å². The Hall–Kier alpha value is -3.02. The van der Waals surface area contributed by atoms with Crippen LogP contribution in [0.2, 0.25) is 0 Å². The van der Waals surface area contributed by atoms with Gasteiger partial charge in [0, 0.05) is 30.9 Å². The van der Waals surface area contributed by atoms with Gasteiger partial charge in [0.2, 0.25) is 0 Å². The highest BCUT2D eigenvalue weighted by atomic mass is 16.5. The van der Waals surface area contributed by atoms with Crippen molar-refractivity contribution in [1.82, 2.24) is 10.9 Å². The zero-order valence-corrected chi connectivity index (χ0v) is 14.9. The van der Waals surface area contributed by atoms with Crippen LogP contribution in [0.3, 0.4) is 0 Å². The van der Waals surface area contributed by atoms with E-state index in [0.717, 1.165) is 5.69 Å². The second-order valence-corrected chi connectivity index (χ2v) is 6.04. The van der Waals surface area contributed by atoms with Gasteiger partial charge in [-0.25, -0.2) is 0 Å². The lowest BCUT2D eigenvalue weighted by atomic mass is 10.2. The molecule has 0 saturated heterocycles. The van der Waals surface area contributed by atoms with E-state index in [1.807, 2.05) is 38.9 Å². The first kappa shape index (κ1) is 18.3. The van der Waals surface area contributed by atoms with Crippen molar-refractivity contribution in [2.45, 2.75) is 20.0 Å². The molecule has 132 valence electrons.